The molecule has 1 rings (SSSR count). The van der Waals surface area contributed by atoms with E-state index in [9.17, 15) is 4.79 Å². The molecule has 88 valence electrons. The van der Waals surface area contributed by atoms with E-state index in [2.05, 4.69) is 18.5 Å². The quantitative estimate of drug-likeness (QED) is 0.500. The Bertz CT molecular complexity index is 317. The van der Waals surface area contributed by atoms with E-state index in [1.54, 1.807) is 18.2 Å². The summed E-state index contributed by atoms with van der Waals surface area (Å²) in [7, 11) is 0. The highest BCUT2D eigenvalue weighted by atomic mass is 16.5. The third-order valence-electron chi connectivity index (χ3n) is 2.61. The van der Waals surface area contributed by atoms with Crippen LogP contribution in [0.5, 0.6) is 0 Å². The van der Waals surface area contributed by atoms with Crippen molar-refractivity contribution in [1.29, 1.82) is 0 Å². The number of rotatable bonds is 7. The van der Waals surface area contributed by atoms with Crippen LogP contribution in [0.2, 0.25) is 0 Å². The number of ether oxygens (including phenoxy) is 1. The molecule has 0 bridgehead atoms. The summed E-state index contributed by atoms with van der Waals surface area (Å²) in [6.07, 6.45) is 6.58. The lowest BCUT2D eigenvalue weighted by Gasteiger charge is -2.15. The number of carbonyl (C=O) groups excluding carboxylic acids is 1. The third kappa shape index (κ3) is 3.05. The highest BCUT2D eigenvalue weighted by Crippen LogP contribution is 2.46. The molecule has 0 heterocycles. The van der Waals surface area contributed by atoms with Gasteiger partial charge in [-0.15, -0.1) is 0 Å². The van der Waals surface area contributed by atoms with Crippen LogP contribution in [0.25, 0.3) is 0 Å². The Morgan fingerprint density at radius 3 is 2.62 bits per heavy atom. The first kappa shape index (κ1) is 12.7. The van der Waals surface area contributed by atoms with E-state index in [1.807, 2.05) is 0 Å². The molecule has 16 heavy (non-hydrogen) atoms. The molecule has 0 aromatic carbocycles. The van der Waals surface area contributed by atoms with Crippen LogP contribution >= 0.6 is 0 Å². The fourth-order valence-electron chi connectivity index (χ4n) is 1.39. The summed E-state index contributed by atoms with van der Waals surface area (Å²) in [5.74, 6) is -0.0334. The summed E-state index contributed by atoms with van der Waals surface area (Å²) >= 11 is 0. The molecule has 1 fully saturated rings. The van der Waals surface area contributed by atoms with Gasteiger partial charge in [0.05, 0.1) is 18.8 Å². The van der Waals surface area contributed by atoms with E-state index in [1.165, 1.54) is 0 Å². The van der Waals surface area contributed by atoms with E-state index in [-0.39, 0.29) is 18.1 Å². The van der Waals surface area contributed by atoms with E-state index in [4.69, 9.17) is 10.5 Å². The number of allylic oxidation sites excluding steroid dienone is 3. The topological polar surface area (TPSA) is 64.3 Å². The zero-order chi connectivity index (χ0) is 12.0. The molecule has 4 nitrogen and oxygen atoms in total. The van der Waals surface area contributed by atoms with Gasteiger partial charge in [0.25, 0.3) is 0 Å². The Labute approximate surface area is 95.8 Å². The molecular formula is C12H18N2O2. The Hall–Kier alpha value is -1.39. The van der Waals surface area contributed by atoms with Crippen molar-refractivity contribution in [3.63, 3.8) is 0 Å². The Kier molecular flexibility index (Phi) is 4.46. The second-order valence-corrected chi connectivity index (χ2v) is 3.81. The average molecular weight is 222 g/mol. The molecule has 4 heteroatoms. The highest BCUT2D eigenvalue weighted by molar-refractivity contribution is 5.87. The van der Waals surface area contributed by atoms with E-state index in [0.29, 0.717) is 12.3 Å². The molecule has 1 aliphatic rings. The van der Waals surface area contributed by atoms with Crippen molar-refractivity contribution < 1.29 is 9.53 Å². The lowest BCUT2D eigenvalue weighted by atomic mass is 10.1. The molecule has 0 atom stereocenters. The summed E-state index contributed by atoms with van der Waals surface area (Å²) in [5.41, 5.74) is 5.51. The van der Waals surface area contributed by atoms with Gasteiger partial charge in [0, 0.05) is 5.70 Å². The van der Waals surface area contributed by atoms with Crippen LogP contribution in [0.1, 0.15) is 12.8 Å². The molecule has 0 aromatic rings. The molecule has 1 aliphatic carbocycles. The number of nitrogens with one attached hydrogen (secondary N) is 1. The molecule has 0 unspecified atom stereocenters. The van der Waals surface area contributed by atoms with Crippen molar-refractivity contribution in [3.05, 3.63) is 37.1 Å². The van der Waals surface area contributed by atoms with Crippen molar-refractivity contribution in [2.75, 3.05) is 13.3 Å². The minimum Gasteiger partial charge on any atom is -0.365 e. The first-order valence-corrected chi connectivity index (χ1v) is 5.23. The van der Waals surface area contributed by atoms with Gasteiger partial charge in [0.2, 0.25) is 5.91 Å². The Morgan fingerprint density at radius 1 is 1.50 bits per heavy atom. The molecule has 0 aromatic heterocycles. The molecule has 0 saturated heterocycles. The maximum absolute atomic E-state index is 11.9. The molecule has 0 aliphatic heterocycles. The minimum atomic E-state index is -0.386. The van der Waals surface area contributed by atoms with Crippen LogP contribution in [-0.4, -0.2) is 19.2 Å². The van der Waals surface area contributed by atoms with E-state index in [0.717, 1.165) is 12.8 Å². The lowest BCUT2D eigenvalue weighted by Crippen LogP contribution is -2.34. The smallest absolute Gasteiger partial charge is 0.232 e. The van der Waals surface area contributed by atoms with E-state index >= 15 is 0 Å². The Balaban J connectivity index is 2.54. The second-order valence-electron chi connectivity index (χ2n) is 3.81. The van der Waals surface area contributed by atoms with Crippen LogP contribution in [0.3, 0.4) is 0 Å². The van der Waals surface area contributed by atoms with Crippen molar-refractivity contribution in [3.8, 4) is 0 Å². The van der Waals surface area contributed by atoms with Crippen molar-refractivity contribution in [2.24, 2.45) is 11.1 Å². The molecule has 0 radical (unpaired) electrons. The van der Waals surface area contributed by atoms with Crippen LogP contribution < -0.4 is 11.1 Å². The number of nitrogens with two attached hydrogens (primary N) is 1. The van der Waals surface area contributed by atoms with Gasteiger partial charge in [-0.3, -0.25) is 4.79 Å². The predicted molar refractivity (Wildman–Crippen MR) is 63.3 cm³/mol. The number of hydrogen-bond acceptors (Lipinski definition) is 3. The largest absolute Gasteiger partial charge is 0.365 e. The maximum atomic E-state index is 11.9. The average Bonchev–Trinajstić information content (AvgIpc) is 3.06. The second kappa shape index (κ2) is 5.63. The lowest BCUT2D eigenvalue weighted by molar-refractivity contribution is -0.127. The van der Waals surface area contributed by atoms with Gasteiger partial charge >= 0.3 is 0 Å². The van der Waals surface area contributed by atoms with Gasteiger partial charge in [0.1, 0.15) is 0 Å². The molecule has 1 amide bonds. The Morgan fingerprint density at radius 2 is 2.19 bits per heavy atom. The SMILES string of the molecule is C=C/C=C(\C=C)NC(=O)C1(COCN)CC1. The van der Waals surface area contributed by atoms with Crippen LogP contribution in [0.4, 0.5) is 0 Å². The van der Waals surface area contributed by atoms with Gasteiger partial charge in [-0.05, 0) is 25.0 Å². The summed E-state index contributed by atoms with van der Waals surface area (Å²) in [6.45, 7) is 7.71. The van der Waals surface area contributed by atoms with Crippen molar-refractivity contribution in [1.82, 2.24) is 5.32 Å². The normalized spacial score (nSPS) is 17.7. The maximum Gasteiger partial charge on any atom is 0.232 e. The third-order valence-corrected chi connectivity index (χ3v) is 2.61. The summed E-state index contributed by atoms with van der Waals surface area (Å²) in [5, 5.41) is 2.79. The predicted octanol–water partition coefficient (Wildman–Crippen LogP) is 1.07. The fourth-order valence-corrected chi connectivity index (χ4v) is 1.39. The van der Waals surface area contributed by atoms with Gasteiger partial charge in [-0.2, -0.15) is 0 Å². The van der Waals surface area contributed by atoms with Crippen LogP contribution in [0.15, 0.2) is 37.1 Å². The number of amides is 1. The monoisotopic (exact) mass is 222 g/mol. The minimum absolute atomic E-state index is 0.0334. The molecule has 1 saturated carbocycles. The molecule has 3 N–H and O–H groups in total. The number of carbonyl (C=O) groups is 1. The number of hydrogen-bond donors (Lipinski definition) is 2. The van der Waals surface area contributed by atoms with Gasteiger partial charge < -0.3 is 15.8 Å². The zero-order valence-corrected chi connectivity index (χ0v) is 9.37. The fraction of sp³-hybridized carbons (Fsp3) is 0.417. The van der Waals surface area contributed by atoms with Crippen molar-refractivity contribution >= 4 is 5.91 Å². The first-order valence-electron chi connectivity index (χ1n) is 5.23. The van der Waals surface area contributed by atoms with Crippen LogP contribution in [-0.2, 0) is 9.53 Å². The summed E-state index contributed by atoms with van der Waals surface area (Å²) < 4.78 is 5.11. The standard InChI is InChI=1S/C12H18N2O2/c1-3-5-10(4-2)14-11(15)12(6-7-12)8-16-9-13/h3-5H,1-2,6-9,13H2,(H,14,15)/b10-5+. The van der Waals surface area contributed by atoms with Gasteiger partial charge in [0.15, 0.2) is 0 Å². The van der Waals surface area contributed by atoms with Gasteiger partial charge in [-0.1, -0.05) is 19.2 Å². The first-order chi connectivity index (χ1) is 7.68. The summed E-state index contributed by atoms with van der Waals surface area (Å²) in [6, 6.07) is 0. The molecular weight excluding hydrogens is 204 g/mol. The molecule has 0 spiro atoms. The zero-order valence-electron chi connectivity index (χ0n) is 9.37. The summed E-state index contributed by atoms with van der Waals surface area (Å²) in [4.78, 5) is 11.9. The highest BCUT2D eigenvalue weighted by Gasteiger charge is 2.50. The van der Waals surface area contributed by atoms with E-state index < -0.39 is 0 Å². The van der Waals surface area contributed by atoms with Crippen LogP contribution in [0, 0.1) is 5.41 Å². The van der Waals surface area contributed by atoms with Gasteiger partial charge in [-0.25, -0.2) is 0 Å². The van der Waals surface area contributed by atoms with Crippen molar-refractivity contribution in [2.45, 2.75) is 12.8 Å².